The van der Waals surface area contributed by atoms with Crippen molar-refractivity contribution in [2.24, 2.45) is 0 Å². The Balaban J connectivity index is 2.48. The van der Waals surface area contributed by atoms with Gasteiger partial charge >= 0.3 is 0 Å². The monoisotopic (exact) mass is 187 g/mol. The lowest BCUT2D eigenvalue weighted by molar-refractivity contribution is 1.32. The van der Waals surface area contributed by atoms with Crippen LogP contribution in [-0.2, 0) is 0 Å². The van der Waals surface area contributed by atoms with Gasteiger partial charge in [-0.05, 0) is 6.92 Å². The van der Waals surface area contributed by atoms with Crippen LogP contribution in [0.15, 0.2) is 0 Å². The molecule has 3 nitrogen and oxygen atoms in total. The second kappa shape index (κ2) is 4.16. The lowest BCUT2D eigenvalue weighted by Crippen LogP contribution is -1.98. The highest BCUT2D eigenvalue weighted by molar-refractivity contribution is 6.99. The van der Waals surface area contributed by atoms with E-state index in [1.54, 1.807) is 6.92 Å². The molecule has 11 heavy (non-hydrogen) atoms. The summed E-state index contributed by atoms with van der Waals surface area (Å²) in [6.07, 6.45) is 0. The van der Waals surface area contributed by atoms with E-state index < -0.39 is 0 Å². The van der Waals surface area contributed by atoms with Gasteiger partial charge in [-0.3, -0.25) is 0 Å². The van der Waals surface area contributed by atoms with E-state index in [0.29, 0.717) is 17.5 Å². The van der Waals surface area contributed by atoms with Gasteiger partial charge in [-0.1, -0.05) is 17.5 Å². The summed E-state index contributed by atoms with van der Waals surface area (Å²) in [6, 6.07) is 0. The van der Waals surface area contributed by atoms with Crippen molar-refractivity contribution in [3.05, 3.63) is 5.15 Å². The molecule has 0 radical (unpaired) electrons. The average Bonchev–Trinajstić information content (AvgIpc) is 2.37. The van der Waals surface area contributed by atoms with Gasteiger partial charge in [0.15, 0.2) is 11.0 Å². The summed E-state index contributed by atoms with van der Waals surface area (Å²) in [5.41, 5.74) is 0. The Morgan fingerprint density at radius 1 is 1.64 bits per heavy atom. The zero-order valence-electron chi connectivity index (χ0n) is 5.89. The first-order valence-corrected chi connectivity index (χ1v) is 4.07. The molecular weight excluding hydrogens is 182 g/mol. The molecule has 0 aromatic carbocycles. The topological polar surface area (TPSA) is 37.8 Å². The molecule has 1 rings (SSSR count). The largest absolute Gasteiger partial charge is 0.356 e. The maximum atomic E-state index is 5.64. The van der Waals surface area contributed by atoms with Gasteiger partial charge in [-0.2, -0.15) is 8.75 Å². The summed E-state index contributed by atoms with van der Waals surface area (Å²) in [5.74, 6) is 6.19. The Hall–Kier alpha value is -0.790. The molecule has 0 saturated heterocycles. The van der Waals surface area contributed by atoms with E-state index in [9.17, 15) is 0 Å². The fourth-order valence-corrected chi connectivity index (χ4v) is 1.18. The minimum absolute atomic E-state index is 0.410. The molecule has 0 spiro atoms. The van der Waals surface area contributed by atoms with Crippen LogP contribution in [0, 0.1) is 11.8 Å². The maximum absolute atomic E-state index is 5.64. The van der Waals surface area contributed by atoms with Gasteiger partial charge in [-0.25, -0.2) is 0 Å². The van der Waals surface area contributed by atoms with Crippen molar-refractivity contribution in [3.63, 3.8) is 0 Å². The van der Waals surface area contributed by atoms with Crippen LogP contribution in [0.3, 0.4) is 0 Å². The molecule has 1 aromatic heterocycles. The summed E-state index contributed by atoms with van der Waals surface area (Å²) in [4.78, 5) is 0. The maximum Gasteiger partial charge on any atom is 0.186 e. The molecule has 0 aliphatic carbocycles. The van der Waals surface area contributed by atoms with Gasteiger partial charge in [0.2, 0.25) is 0 Å². The number of aromatic nitrogens is 2. The van der Waals surface area contributed by atoms with E-state index in [1.165, 1.54) is 0 Å². The Labute approximate surface area is 74.1 Å². The summed E-state index contributed by atoms with van der Waals surface area (Å²) < 4.78 is 7.69. The summed E-state index contributed by atoms with van der Waals surface area (Å²) >= 11 is 6.73. The number of hydrogen-bond donors (Lipinski definition) is 1. The number of halogens is 1. The van der Waals surface area contributed by atoms with Crippen LogP contribution < -0.4 is 5.32 Å². The van der Waals surface area contributed by atoms with Crippen molar-refractivity contribution in [1.82, 2.24) is 8.75 Å². The zero-order chi connectivity index (χ0) is 8.10. The standard InChI is InChI=1S/C6H6ClN3S/c1-2-3-4-8-6-5(7)9-11-10-6/h4H2,1H3,(H,8,10). The number of hydrogen-bond acceptors (Lipinski definition) is 4. The molecule has 0 aliphatic rings. The second-order valence-corrected chi connectivity index (χ2v) is 2.57. The molecule has 0 unspecified atom stereocenters. The molecule has 58 valence electrons. The van der Waals surface area contributed by atoms with Crippen LogP contribution in [0.2, 0.25) is 5.15 Å². The molecule has 1 aromatic rings. The van der Waals surface area contributed by atoms with Gasteiger partial charge < -0.3 is 5.32 Å². The SMILES string of the molecule is CC#CCNc1nsnc1Cl. The smallest absolute Gasteiger partial charge is 0.186 e. The average molecular weight is 188 g/mol. The summed E-state index contributed by atoms with van der Waals surface area (Å²) in [6.45, 7) is 2.34. The molecule has 1 N–H and O–H groups in total. The van der Waals surface area contributed by atoms with Crippen molar-refractivity contribution >= 4 is 29.1 Å². The van der Waals surface area contributed by atoms with Gasteiger partial charge in [-0.15, -0.1) is 5.92 Å². The number of nitrogens with zero attached hydrogens (tertiary/aromatic N) is 2. The molecule has 0 aliphatic heterocycles. The minimum atomic E-state index is 0.410. The van der Waals surface area contributed by atoms with Crippen LogP contribution in [0.1, 0.15) is 6.92 Å². The van der Waals surface area contributed by atoms with E-state index in [1.807, 2.05) is 0 Å². The number of nitrogens with one attached hydrogen (secondary N) is 1. The Bertz CT molecular complexity index is 286. The highest BCUT2D eigenvalue weighted by Crippen LogP contribution is 2.16. The van der Waals surface area contributed by atoms with E-state index in [4.69, 9.17) is 11.6 Å². The Kier molecular flexibility index (Phi) is 3.14. The van der Waals surface area contributed by atoms with Crippen molar-refractivity contribution in [1.29, 1.82) is 0 Å². The molecule has 0 fully saturated rings. The molecule has 5 heteroatoms. The lowest BCUT2D eigenvalue weighted by Gasteiger charge is -1.93. The molecule has 0 bridgehead atoms. The normalized spacial score (nSPS) is 8.55. The number of rotatable bonds is 2. The van der Waals surface area contributed by atoms with Crippen molar-refractivity contribution < 1.29 is 0 Å². The molecule has 0 amide bonds. The van der Waals surface area contributed by atoms with Crippen molar-refractivity contribution in [2.75, 3.05) is 11.9 Å². The highest BCUT2D eigenvalue weighted by Gasteiger charge is 2.01. The number of anilines is 1. The van der Waals surface area contributed by atoms with Crippen LogP contribution in [0.4, 0.5) is 5.82 Å². The van der Waals surface area contributed by atoms with E-state index in [2.05, 4.69) is 25.9 Å². The zero-order valence-corrected chi connectivity index (χ0v) is 7.46. The first-order chi connectivity index (χ1) is 5.34. The third kappa shape index (κ3) is 2.37. The highest BCUT2D eigenvalue weighted by atomic mass is 35.5. The van der Waals surface area contributed by atoms with Gasteiger partial charge in [0.05, 0.1) is 18.3 Å². The third-order valence-electron chi connectivity index (χ3n) is 0.969. The Morgan fingerprint density at radius 3 is 3.00 bits per heavy atom. The fraction of sp³-hybridized carbons (Fsp3) is 0.333. The second-order valence-electron chi connectivity index (χ2n) is 1.68. The molecular formula is C6H6ClN3S. The van der Waals surface area contributed by atoms with Crippen LogP contribution in [-0.4, -0.2) is 15.3 Å². The fourth-order valence-electron chi connectivity index (χ4n) is 0.499. The van der Waals surface area contributed by atoms with E-state index in [0.717, 1.165) is 11.7 Å². The van der Waals surface area contributed by atoms with Crippen molar-refractivity contribution in [3.8, 4) is 11.8 Å². The quantitative estimate of drug-likeness (QED) is 0.716. The third-order valence-corrected chi connectivity index (χ3v) is 1.86. The van der Waals surface area contributed by atoms with Crippen LogP contribution in [0.5, 0.6) is 0 Å². The predicted octanol–water partition coefficient (Wildman–Crippen LogP) is 1.63. The van der Waals surface area contributed by atoms with Crippen molar-refractivity contribution in [2.45, 2.75) is 6.92 Å². The lowest BCUT2D eigenvalue weighted by atomic mass is 10.6. The first-order valence-electron chi connectivity index (χ1n) is 2.96. The summed E-state index contributed by atoms with van der Waals surface area (Å²) in [5, 5.41) is 3.34. The van der Waals surface area contributed by atoms with Gasteiger partial charge in [0.1, 0.15) is 0 Å². The van der Waals surface area contributed by atoms with Crippen LogP contribution in [0.25, 0.3) is 0 Å². The van der Waals surface area contributed by atoms with Crippen LogP contribution >= 0.6 is 23.3 Å². The summed E-state index contributed by atoms with van der Waals surface area (Å²) in [7, 11) is 0. The first kappa shape index (κ1) is 8.31. The molecule has 0 atom stereocenters. The van der Waals surface area contributed by atoms with Gasteiger partial charge in [0.25, 0.3) is 0 Å². The Morgan fingerprint density at radius 2 is 2.45 bits per heavy atom. The van der Waals surface area contributed by atoms with E-state index >= 15 is 0 Å². The predicted molar refractivity (Wildman–Crippen MR) is 46.9 cm³/mol. The molecule has 0 saturated carbocycles. The minimum Gasteiger partial charge on any atom is -0.356 e. The molecule has 1 heterocycles. The van der Waals surface area contributed by atoms with Gasteiger partial charge in [0, 0.05) is 0 Å². The van der Waals surface area contributed by atoms with E-state index in [-0.39, 0.29) is 0 Å².